The van der Waals surface area contributed by atoms with E-state index in [0.29, 0.717) is 18.4 Å². The zero-order chi connectivity index (χ0) is 29.9. The second kappa shape index (κ2) is 11.8. The number of halogens is 1. The maximum Gasteiger partial charge on any atom is 0.417 e. The third-order valence-corrected chi connectivity index (χ3v) is 6.51. The molecule has 2 aliphatic rings. The molecule has 218 valence electrons. The molecule has 1 aliphatic heterocycles. The van der Waals surface area contributed by atoms with E-state index in [4.69, 9.17) is 9.47 Å². The zero-order valence-electron chi connectivity index (χ0n) is 24.4. The minimum Gasteiger partial charge on any atom is -0.444 e. The lowest BCUT2D eigenvalue weighted by Gasteiger charge is -2.34. The maximum atomic E-state index is 16.0. The summed E-state index contributed by atoms with van der Waals surface area (Å²) >= 11 is 0. The lowest BCUT2D eigenvalue weighted by Crippen LogP contribution is -2.50. The standard InChI is InChI=1S/C31H37FN4O5/c1-30(2,3)40-28(38)35-22-15-11-10-14-21(22)33-26-25(32)20-18-36(29(39)41-31(4,5)6)27(37)24(20)23(34-26)17-16-19-12-8-7-9-13-19/h7-9,12-13,21-22H,10-11,14-15,18H2,1-6H3,(H,33,34)(H,35,38)/t21-,22+/m1/s1. The molecule has 2 heterocycles. The molecule has 1 aromatic heterocycles. The van der Waals surface area contributed by atoms with Crippen molar-refractivity contribution in [1.29, 1.82) is 0 Å². The lowest BCUT2D eigenvalue weighted by atomic mass is 9.90. The topological polar surface area (TPSA) is 110 Å². The van der Waals surface area contributed by atoms with Crippen molar-refractivity contribution in [2.75, 3.05) is 5.32 Å². The number of fused-ring (bicyclic) bond motifs is 1. The number of hydrogen-bond acceptors (Lipinski definition) is 7. The van der Waals surface area contributed by atoms with Crippen LogP contribution in [0.5, 0.6) is 0 Å². The number of pyridine rings is 1. The van der Waals surface area contributed by atoms with E-state index in [0.717, 1.165) is 17.7 Å². The lowest BCUT2D eigenvalue weighted by molar-refractivity contribution is 0.0246. The summed E-state index contributed by atoms with van der Waals surface area (Å²) in [6.45, 7) is 10.1. The number of alkyl carbamates (subject to hydrolysis) is 1. The molecular weight excluding hydrogens is 527 g/mol. The summed E-state index contributed by atoms with van der Waals surface area (Å²) in [5.74, 6) is 4.34. The van der Waals surface area contributed by atoms with Gasteiger partial charge in [-0.1, -0.05) is 37.0 Å². The predicted molar refractivity (Wildman–Crippen MR) is 152 cm³/mol. The number of nitrogens with one attached hydrogen (secondary N) is 2. The van der Waals surface area contributed by atoms with Gasteiger partial charge in [-0.15, -0.1) is 0 Å². The van der Waals surface area contributed by atoms with Gasteiger partial charge in [0.15, 0.2) is 11.6 Å². The van der Waals surface area contributed by atoms with Crippen LogP contribution in [0, 0.1) is 17.7 Å². The Kier molecular flexibility index (Phi) is 8.57. The Hall–Kier alpha value is -4.13. The fourth-order valence-corrected chi connectivity index (χ4v) is 4.77. The van der Waals surface area contributed by atoms with Crippen LogP contribution in [-0.2, 0) is 16.0 Å². The van der Waals surface area contributed by atoms with Gasteiger partial charge in [0.05, 0.1) is 18.2 Å². The summed E-state index contributed by atoms with van der Waals surface area (Å²) in [5, 5.41) is 6.07. The van der Waals surface area contributed by atoms with Gasteiger partial charge in [-0.25, -0.2) is 23.9 Å². The molecule has 4 rings (SSSR count). The number of aromatic nitrogens is 1. The molecule has 9 nitrogen and oxygen atoms in total. The van der Waals surface area contributed by atoms with Gasteiger partial charge in [-0.3, -0.25) is 4.79 Å². The molecule has 1 aliphatic carbocycles. The molecule has 0 unspecified atom stereocenters. The first-order valence-corrected chi connectivity index (χ1v) is 13.8. The van der Waals surface area contributed by atoms with E-state index in [1.165, 1.54) is 0 Å². The van der Waals surface area contributed by atoms with Crippen molar-refractivity contribution in [3.63, 3.8) is 0 Å². The van der Waals surface area contributed by atoms with Gasteiger partial charge in [-0.2, -0.15) is 0 Å². The Bertz CT molecular complexity index is 1390. The molecule has 1 aromatic carbocycles. The molecule has 0 bridgehead atoms. The van der Waals surface area contributed by atoms with Crippen molar-refractivity contribution in [3.05, 3.63) is 58.5 Å². The Morgan fingerprint density at radius 1 is 0.976 bits per heavy atom. The average Bonchev–Trinajstić information content (AvgIpc) is 3.22. The molecule has 0 spiro atoms. The number of benzene rings is 1. The van der Waals surface area contributed by atoms with Crippen LogP contribution in [0.15, 0.2) is 30.3 Å². The van der Waals surface area contributed by atoms with Gasteiger partial charge in [0.25, 0.3) is 5.91 Å². The van der Waals surface area contributed by atoms with E-state index in [1.807, 2.05) is 18.2 Å². The van der Waals surface area contributed by atoms with E-state index >= 15 is 4.39 Å². The minimum absolute atomic E-state index is 0.0168. The number of ether oxygens (including phenoxy) is 2. The molecule has 2 aromatic rings. The van der Waals surface area contributed by atoms with Gasteiger partial charge in [-0.05, 0) is 72.4 Å². The second-order valence-electron chi connectivity index (χ2n) is 12.3. The number of amides is 3. The Morgan fingerprint density at radius 3 is 2.24 bits per heavy atom. The van der Waals surface area contributed by atoms with Crippen LogP contribution in [0.4, 0.5) is 19.8 Å². The molecule has 0 radical (unpaired) electrons. The van der Waals surface area contributed by atoms with Crippen molar-refractivity contribution in [3.8, 4) is 11.8 Å². The van der Waals surface area contributed by atoms with Gasteiger partial charge >= 0.3 is 12.2 Å². The van der Waals surface area contributed by atoms with Crippen LogP contribution in [0.1, 0.15) is 94.4 Å². The molecular formula is C31H37FN4O5. The van der Waals surface area contributed by atoms with E-state index in [2.05, 4.69) is 27.5 Å². The number of nitrogens with zero attached hydrogens (tertiary/aromatic N) is 2. The van der Waals surface area contributed by atoms with E-state index in [9.17, 15) is 14.4 Å². The Labute approximate surface area is 240 Å². The molecule has 10 heteroatoms. The first-order valence-electron chi connectivity index (χ1n) is 13.8. The highest BCUT2D eigenvalue weighted by molar-refractivity contribution is 6.08. The number of anilines is 1. The summed E-state index contributed by atoms with van der Waals surface area (Å²) in [6.07, 6.45) is 1.69. The summed E-state index contributed by atoms with van der Waals surface area (Å²) in [7, 11) is 0. The Morgan fingerprint density at radius 2 is 1.61 bits per heavy atom. The van der Waals surface area contributed by atoms with Gasteiger partial charge < -0.3 is 20.1 Å². The van der Waals surface area contributed by atoms with Crippen molar-refractivity contribution in [2.24, 2.45) is 0 Å². The molecule has 1 saturated carbocycles. The van der Waals surface area contributed by atoms with Crippen LogP contribution >= 0.6 is 0 Å². The highest BCUT2D eigenvalue weighted by Crippen LogP contribution is 2.33. The molecule has 2 atom stereocenters. The van der Waals surface area contributed by atoms with Crippen LogP contribution in [-0.4, -0.2) is 51.3 Å². The molecule has 0 saturated heterocycles. The third kappa shape index (κ3) is 7.54. The third-order valence-electron chi connectivity index (χ3n) is 6.51. The number of hydrogen-bond donors (Lipinski definition) is 2. The van der Waals surface area contributed by atoms with Crippen molar-refractivity contribution in [1.82, 2.24) is 15.2 Å². The maximum absolute atomic E-state index is 16.0. The largest absolute Gasteiger partial charge is 0.444 e. The van der Waals surface area contributed by atoms with E-state index in [-0.39, 0.29) is 41.3 Å². The summed E-state index contributed by atoms with van der Waals surface area (Å²) in [6, 6.07) is 8.46. The van der Waals surface area contributed by atoms with Crippen LogP contribution in [0.25, 0.3) is 0 Å². The minimum atomic E-state index is -0.872. The zero-order valence-corrected chi connectivity index (χ0v) is 24.4. The van der Waals surface area contributed by atoms with Crippen LogP contribution < -0.4 is 10.6 Å². The predicted octanol–water partition coefficient (Wildman–Crippen LogP) is 5.76. The molecule has 2 N–H and O–H groups in total. The fraction of sp³-hybridized carbons (Fsp3) is 0.484. The number of imide groups is 1. The smallest absolute Gasteiger partial charge is 0.417 e. The first-order chi connectivity index (χ1) is 19.2. The highest BCUT2D eigenvalue weighted by atomic mass is 19.1. The first kappa shape index (κ1) is 29.8. The van der Waals surface area contributed by atoms with Gasteiger partial charge in [0.2, 0.25) is 0 Å². The summed E-state index contributed by atoms with van der Waals surface area (Å²) in [4.78, 5) is 44.0. The summed E-state index contributed by atoms with van der Waals surface area (Å²) in [5.41, 5.74) is -0.809. The summed E-state index contributed by atoms with van der Waals surface area (Å²) < 4.78 is 26.8. The van der Waals surface area contributed by atoms with E-state index in [1.54, 1.807) is 53.7 Å². The average molecular weight is 565 g/mol. The van der Waals surface area contributed by atoms with Crippen molar-refractivity contribution < 1.29 is 28.2 Å². The normalized spacial score (nSPS) is 18.6. The molecule has 1 fully saturated rings. The quantitative estimate of drug-likeness (QED) is 0.456. The molecule has 41 heavy (non-hydrogen) atoms. The fourth-order valence-electron chi connectivity index (χ4n) is 4.77. The van der Waals surface area contributed by atoms with Crippen LogP contribution in [0.2, 0.25) is 0 Å². The van der Waals surface area contributed by atoms with Gasteiger partial charge in [0.1, 0.15) is 16.9 Å². The van der Waals surface area contributed by atoms with E-state index < -0.39 is 35.1 Å². The molecule has 3 amide bonds. The highest BCUT2D eigenvalue weighted by Gasteiger charge is 2.40. The van der Waals surface area contributed by atoms with Crippen molar-refractivity contribution >= 4 is 23.9 Å². The number of carbonyl (C=O) groups excluding carboxylic acids is 3. The Balaban J connectivity index is 1.69. The van der Waals surface area contributed by atoms with Crippen molar-refractivity contribution in [2.45, 2.75) is 97.1 Å². The number of carbonyl (C=O) groups is 3. The SMILES string of the molecule is CC(C)(C)OC(=O)N[C@H]1CCCC[C@H]1Nc1nc(C#Cc2ccccc2)c2c(c1F)CN(C(=O)OC(C)(C)C)C2=O. The monoisotopic (exact) mass is 564 g/mol. The second-order valence-corrected chi connectivity index (χ2v) is 12.3. The van der Waals surface area contributed by atoms with Crippen LogP contribution in [0.3, 0.4) is 0 Å². The number of rotatable bonds is 3. The van der Waals surface area contributed by atoms with Gasteiger partial charge in [0, 0.05) is 17.2 Å².